The molecule has 92 valence electrons. The molecule has 0 fully saturated rings. The van der Waals surface area contributed by atoms with Crippen LogP contribution in [0, 0.1) is 0 Å². The molecule has 0 atom stereocenters. The Morgan fingerprint density at radius 2 is 2.18 bits per heavy atom. The SMILES string of the molecule is CCNCc1ncn(Cc2ncnn2CC)n1. The van der Waals surface area contributed by atoms with Crippen LogP contribution < -0.4 is 5.32 Å². The predicted octanol–water partition coefficient (Wildman–Crippen LogP) is 0.0473. The summed E-state index contributed by atoms with van der Waals surface area (Å²) in [6.45, 7) is 7.13. The van der Waals surface area contributed by atoms with E-state index in [0.717, 1.165) is 24.7 Å². The molecular weight excluding hydrogens is 218 g/mol. The largest absolute Gasteiger partial charge is 0.310 e. The maximum absolute atomic E-state index is 4.36. The van der Waals surface area contributed by atoms with Crippen molar-refractivity contribution in [2.24, 2.45) is 0 Å². The van der Waals surface area contributed by atoms with Gasteiger partial charge in [0.2, 0.25) is 0 Å². The zero-order valence-electron chi connectivity index (χ0n) is 10.2. The Kier molecular flexibility index (Phi) is 3.81. The minimum Gasteiger partial charge on any atom is -0.310 e. The van der Waals surface area contributed by atoms with E-state index in [1.54, 1.807) is 17.3 Å². The highest BCUT2D eigenvalue weighted by Gasteiger charge is 2.05. The van der Waals surface area contributed by atoms with Crippen LogP contribution in [0.25, 0.3) is 0 Å². The van der Waals surface area contributed by atoms with Crippen molar-refractivity contribution < 1.29 is 0 Å². The molecule has 0 aliphatic carbocycles. The van der Waals surface area contributed by atoms with Gasteiger partial charge in [0.05, 0.1) is 6.54 Å². The Balaban J connectivity index is 2.01. The lowest BCUT2D eigenvalue weighted by Gasteiger charge is -2.02. The summed E-state index contributed by atoms with van der Waals surface area (Å²) in [5.74, 6) is 1.70. The summed E-state index contributed by atoms with van der Waals surface area (Å²) in [4.78, 5) is 8.42. The highest BCUT2D eigenvalue weighted by molar-refractivity contribution is 4.88. The van der Waals surface area contributed by atoms with Gasteiger partial charge in [0.25, 0.3) is 0 Å². The molecule has 0 unspecified atom stereocenters. The lowest BCUT2D eigenvalue weighted by Crippen LogP contribution is -2.14. The summed E-state index contributed by atoms with van der Waals surface area (Å²) in [7, 11) is 0. The van der Waals surface area contributed by atoms with Gasteiger partial charge in [0.1, 0.15) is 25.0 Å². The second-order valence-corrected chi connectivity index (χ2v) is 3.63. The number of aromatic nitrogens is 6. The van der Waals surface area contributed by atoms with Gasteiger partial charge in [-0.25, -0.2) is 19.3 Å². The molecular formula is C10H17N7. The van der Waals surface area contributed by atoms with Crippen molar-refractivity contribution in [2.45, 2.75) is 33.5 Å². The van der Waals surface area contributed by atoms with Crippen LogP contribution in [0.4, 0.5) is 0 Å². The zero-order valence-corrected chi connectivity index (χ0v) is 10.2. The zero-order chi connectivity index (χ0) is 12.1. The van der Waals surface area contributed by atoms with E-state index in [4.69, 9.17) is 0 Å². The third-order valence-electron chi connectivity index (χ3n) is 2.42. The van der Waals surface area contributed by atoms with Gasteiger partial charge in [-0.15, -0.1) is 0 Å². The first-order valence-corrected chi connectivity index (χ1v) is 5.79. The van der Waals surface area contributed by atoms with Gasteiger partial charge in [0.15, 0.2) is 5.82 Å². The van der Waals surface area contributed by atoms with Gasteiger partial charge < -0.3 is 5.32 Å². The molecule has 0 amide bonds. The summed E-state index contributed by atoms with van der Waals surface area (Å²) >= 11 is 0. The van der Waals surface area contributed by atoms with Crippen molar-refractivity contribution in [3.05, 3.63) is 24.3 Å². The second kappa shape index (κ2) is 5.53. The van der Waals surface area contributed by atoms with Crippen LogP contribution in [0.2, 0.25) is 0 Å². The van der Waals surface area contributed by atoms with Crippen LogP contribution in [0.3, 0.4) is 0 Å². The van der Waals surface area contributed by atoms with Gasteiger partial charge in [0, 0.05) is 6.54 Å². The summed E-state index contributed by atoms with van der Waals surface area (Å²) in [6, 6.07) is 0. The molecule has 1 N–H and O–H groups in total. The Hall–Kier alpha value is -1.76. The first kappa shape index (κ1) is 11.7. The van der Waals surface area contributed by atoms with E-state index in [0.29, 0.717) is 13.1 Å². The Bertz CT molecular complexity index is 459. The molecule has 0 bridgehead atoms. The predicted molar refractivity (Wildman–Crippen MR) is 62.2 cm³/mol. The summed E-state index contributed by atoms with van der Waals surface area (Å²) in [5.41, 5.74) is 0. The van der Waals surface area contributed by atoms with Crippen LogP contribution in [0.15, 0.2) is 12.7 Å². The molecule has 0 saturated heterocycles. The van der Waals surface area contributed by atoms with Gasteiger partial charge in [-0.3, -0.25) is 0 Å². The molecule has 0 saturated carbocycles. The van der Waals surface area contributed by atoms with Crippen molar-refractivity contribution in [1.29, 1.82) is 0 Å². The summed E-state index contributed by atoms with van der Waals surface area (Å²) < 4.78 is 3.63. The Morgan fingerprint density at radius 1 is 1.29 bits per heavy atom. The molecule has 2 rings (SSSR count). The number of rotatable bonds is 6. The fraction of sp³-hybridized carbons (Fsp3) is 0.600. The first-order valence-electron chi connectivity index (χ1n) is 5.79. The maximum Gasteiger partial charge on any atom is 0.164 e. The molecule has 7 heteroatoms. The normalized spacial score (nSPS) is 10.9. The molecule has 2 aromatic heterocycles. The smallest absolute Gasteiger partial charge is 0.164 e. The molecule has 0 aliphatic rings. The summed E-state index contributed by atoms with van der Waals surface area (Å²) in [6.07, 6.45) is 3.29. The number of nitrogens with one attached hydrogen (secondary N) is 1. The van der Waals surface area contributed by atoms with Gasteiger partial charge in [-0.2, -0.15) is 10.2 Å². The van der Waals surface area contributed by atoms with E-state index in [-0.39, 0.29) is 0 Å². The summed E-state index contributed by atoms with van der Waals surface area (Å²) in [5, 5.41) is 11.7. The van der Waals surface area contributed by atoms with E-state index < -0.39 is 0 Å². The first-order chi connectivity index (χ1) is 8.33. The van der Waals surface area contributed by atoms with E-state index in [1.165, 1.54) is 0 Å². The highest BCUT2D eigenvalue weighted by Crippen LogP contribution is 1.98. The Labute approximate surface area is 99.9 Å². The molecule has 0 aliphatic heterocycles. The number of nitrogens with zero attached hydrogens (tertiary/aromatic N) is 6. The van der Waals surface area contributed by atoms with E-state index in [1.807, 2.05) is 11.6 Å². The lowest BCUT2D eigenvalue weighted by atomic mass is 10.5. The van der Waals surface area contributed by atoms with E-state index >= 15 is 0 Å². The van der Waals surface area contributed by atoms with Crippen molar-refractivity contribution in [1.82, 2.24) is 34.8 Å². The molecule has 2 aromatic rings. The average molecular weight is 235 g/mol. The number of aryl methyl sites for hydroxylation is 1. The fourth-order valence-electron chi connectivity index (χ4n) is 1.55. The molecule has 0 aromatic carbocycles. The highest BCUT2D eigenvalue weighted by atomic mass is 15.4. The number of hydrogen-bond donors (Lipinski definition) is 1. The van der Waals surface area contributed by atoms with E-state index in [9.17, 15) is 0 Å². The van der Waals surface area contributed by atoms with Crippen LogP contribution in [-0.4, -0.2) is 36.1 Å². The van der Waals surface area contributed by atoms with Gasteiger partial charge in [-0.1, -0.05) is 6.92 Å². The van der Waals surface area contributed by atoms with Crippen molar-refractivity contribution in [3.63, 3.8) is 0 Å². The third-order valence-corrected chi connectivity index (χ3v) is 2.42. The quantitative estimate of drug-likeness (QED) is 0.765. The Morgan fingerprint density at radius 3 is 2.94 bits per heavy atom. The van der Waals surface area contributed by atoms with Crippen molar-refractivity contribution >= 4 is 0 Å². The standard InChI is InChI=1S/C10H17N7/c1-3-11-5-9-13-8-16(15-9)6-10-12-7-14-17(10)4-2/h7-8,11H,3-6H2,1-2H3. The number of hydrogen-bond acceptors (Lipinski definition) is 5. The van der Waals surface area contributed by atoms with Crippen molar-refractivity contribution in [3.8, 4) is 0 Å². The minimum atomic E-state index is 0.604. The molecule has 0 radical (unpaired) electrons. The average Bonchev–Trinajstić information content (AvgIpc) is 2.96. The maximum atomic E-state index is 4.36. The monoisotopic (exact) mass is 235 g/mol. The van der Waals surface area contributed by atoms with Crippen LogP contribution in [-0.2, 0) is 19.6 Å². The van der Waals surface area contributed by atoms with E-state index in [2.05, 4.69) is 32.4 Å². The molecule has 0 spiro atoms. The molecule has 17 heavy (non-hydrogen) atoms. The lowest BCUT2D eigenvalue weighted by molar-refractivity contribution is 0.561. The third kappa shape index (κ3) is 2.88. The second-order valence-electron chi connectivity index (χ2n) is 3.63. The van der Waals surface area contributed by atoms with Gasteiger partial charge in [-0.05, 0) is 13.5 Å². The minimum absolute atomic E-state index is 0.604. The van der Waals surface area contributed by atoms with Crippen LogP contribution in [0.5, 0.6) is 0 Å². The van der Waals surface area contributed by atoms with Crippen molar-refractivity contribution in [2.75, 3.05) is 6.54 Å². The van der Waals surface area contributed by atoms with Crippen LogP contribution >= 0.6 is 0 Å². The molecule has 2 heterocycles. The molecule has 7 nitrogen and oxygen atoms in total. The topological polar surface area (TPSA) is 73.5 Å². The van der Waals surface area contributed by atoms with Gasteiger partial charge >= 0.3 is 0 Å². The fourth-order valence-corrected chi connectivity index (χ4v) is 1.55. The van der Waals surface area contributed by atoms with Crippen LogP contribution in [0.1, 0.15) is 25.5 Å².